The number of hydrogen-bond acceptors (Lipinski definition) is 5. The number of nitrogens with zero attached hydrogens (tertiary/aromatic N) is 2. The number of anilines is 1. The van der Waals surface area contributed by atoms with Crippen LogP contribution in [0.25, 0.3) is 0 Å². The first kappa shape index (κ1) is 15.2. The zero-order valence-electron chi connectivity index (χ0n) is 10.9. The number of amides is 1. The fourth-order valence-corrected chi connectivity index (χ4v) is 1.54. The molecule has 1 heterocycles. The number of aliphatic hydroxyl groups is 1. The summed E-state index contributed by atoms with van der Waals surface area (Å²) in [6.07, 6.45) is -1.51. The maximum absolute atomic E-state index is 11.8. The summed E-state index contributed by atoms with van der Waals surface area (Å²) in [5.41, 5.74) is 4.94. The van der Waals surface area contributed by atoms with E-state index in [0.717, 1.165) is 0 Å². The standard InChI is InChI=1S/C12H15ClN4O2/c1-12(2,3)17-11(19)10(18)7-4-6(13)9(15)8(5-14)16-7/h4,10,18H,15H2,1-3H3,(H,17,19). The van der Waals surface area contributed by atoms with Crippen molar-refractivity contribution in [1.82, 2.24) is 10.3 Å². The Morgan fingerprint density at radius 2 is 2.21 bits per heavy atom. The Morgan fingerprint density at radius 1 is 1.63 bits per heavy atom. The van der Waals surface area contributed by atoms with Gasteiger partial charge in [-0.15, -0.1) is 0 Å². The Hall–Kier alpha value is -1.84. The molecule has 102 valence electrons. The Labute approximate surface area is 116 Å². The molecule has 0 saturated heterocycles. The summed E-state index contributed by atoms with van der Waals surface area (Å²) in [4.78, 5) is 15.6. The lowest BCUT2D eigenvalue weighted by molar-refractivity contribution is -0.131. The Morgan fingerprint density at radius 3 is 2.68 bits per heavy atom. The summed E-state index contributed by atoms with van der Waals surface area (Å²) in [6.45, 7) is 5.34. The van der Waals surface area contributed by atoms with E-state index in [4.69, 9.17) is 22.6 Å². The van der Waals surface area contributed by atoms with Crippen molar-refractivity contribution in [2.75, 3.05) is 5.73 Å². The molecule has 1 aromatic heterocycles. The van der Waals surface area contributed by atoms with Gasteiger partial charge < -0.3 is 16.2 Å². The molecule has 1 aromatic rings. The molecule has 1 unspecified atom stereocenters. The number of halogens is 1. The lowest BCUT2D eigenvalue weighted by Gasteiger charge is -2.22. The molecule has 0 aliphatic carbocycles. The first-order valence-electron chi connectivity index (χ1n) is 5.52. The highest BCUT2D eigenvalue weighted by Crippen LogP contribution is 2.25. The molecule has 0 spiro atoms. The molecular formula is C12H15ClN4O2. The molecule has 7 heteroatoms. The van der Waals surface area contributed by atoms with Crippen LogP contribution in [0.2, 0.25) is 5.02 Å². The fourth-order valence-electron chi connectivity index (χ4n) is 1.34. The minimum absolute atomic E-state index is 0.0162. The van der Waals surface area contributed by atoms with Gasteiger partial charge in [-0.25, -0.2) is 4.98 Å². The Kier molecular flexibility index (Phi) is 4.35. The number of carbonyl (C=O) groups is 1. The topological polar surface area (TPSA) is 112 Å². The zero-order valence-corrected chi connectivity index (χ0v) is 11.6. The predicted octanol–water partition coefficient (Wildman–Crippen LogP) is 1.14. The number of rotatable bonds is 2. The molecule has 1 rings (SSSR count). The number of nitriles is 1. The van der Waals surface area contributed by atoms with Crippen molar-refractivity contribution in [2.24, 2.45) is 0 Å². The fraction of sp³-hybridized carbons (Fsp3) is 0.417. The molecule has 0 saturated carbocycles. The van der Waals surface area contributed by atoms with E-state index in [1.54, 1.807) is 26.8 Å². The van der Waals surface area contributed by atoms with Crippen molar-refractivity contribution < 1.29 is 9.90 Å². The van der Waals surface area contributed by atoms with Crippen molar-refractivity contribution >= 4 is 23.2 Å². The third-order valence-corrected chi connectivity index (χ3v) is 2.47. The number of aromatic nitrogens is 1. The van der Waals surface area contributed by atoms with Crippen LogP contribution in [0.1, 0.15) is 38.3 Å². The minimum atomic E-state index is -1.51. The van der Waals surface area contributed by atoms with Crippen molar-refractivity contribution in [2.45, 2.75) is 32.4 Å². The third-order valence-electron chi connectivity index (χ3n) is 2.16. The average molecular weight is 283 g/mol. The van der Waals surface area contributed by atoms with Gasteiger partial charge in [-0.1, -0.05) is 11.6 Å². The maximum Gasteiger partial charge on any atom is 0.255 e. The van der Waals surface area contributed by atoms with E-state index in [1.165, 1.54) is 6.07 Å². The van der Waals surface area contributed by atoms with Gasteiger partial charge in [0.2, 0.25) is 0 Å². The Balaban J connectivity index is 3.08. The molecule has 0 fully saturated rings. The average Bonchev–Trinajstić information content (AvgIpc) is 2.29. The number of nitrogens with two attached hydrogens (primary N) is 1. The molecule has 1 amide bonds. The first-order valence-corrected chi connectivity index (χ1v) is 5.89. The Bertz CT molecular complexity index is 546. The highest BCUT2D eigenvalue weighted by Gasteiger charge is 2.24. The van der Waals surface area contributed by atoms with Gasteiger partial charge in [-0.2, -0.15) is 5.26 Å². The summed E-state index contributed by atoms with van der Waals surface area (Å²) >= 11 is 5.82. The van der Waals surface area contributed by atoms with Crippen LogP contribution < -0.4 is 11.1 Å². The molecule has 0 aromatic carbocycles. The van der Waals surface area contributed by atoms with Crippen LogP contribution in [0, 0.1) is 11.3 Å². The summed E-state index contributed by atoms with van der Waals surface area (Å²) in [5.74, 6) is -0.621. The molecular weight excluding hydrogens is 268 g/mol. The second-order valence-electron chi connectivity index (χ2n) is 5.04. The lowest BCUT2D eigenvalue weighted by Crippen LogP contribution is -2.43. The van der Waals surface area contributed by atoms with Gasteiger partial charge in [0.05, 0.1) is 16.4 Å². The molecule has 4 N–H and O–H groups in total. The van der Waals surface area contributed by atoms with Gasteiger partial charge in [-0.3, -0.25) is 4.79 Å². The van der Waals surface area contributed by atoms with Crippen molar-refractivity contribution in [3.8, 4) is 6.07 Å². The summed E-state index contributed by atoms with van der Waals surface area (Å²) in [6, 6.07) is 3.02. The number of nitrogens with one attached hydrogen (secondary N) is 1. The van der Waals surface area contributed by atoms with E-state index in [9.17, 15) is 9.90 Å². The van der Waals surface area contributed by atoms with Gasteiger partial charge in [0.25, 0.3) is 5.91 Å². The summed E-state index contributed by atoms with van der Waals surface area (Å²) < 4.78 is 0. The number of carbonyl (C=O) groups excluding carboxylic acids is 1. The molecule has 1 atom stereocenters. The highest BCUT2D eigenvalue weighted by molar-refractivity contribution is 6.33. The molecule has 19 heavy (non-hydrogen) atoms. The number of aliphatic hydroxyl groups excluding tert-OH is 1. The monoisotopic (exact) mass is 282 g/mol. The van der Waals surface area contributed by atoms with Crippen LogP contribution >= 0.6 is 11.6 Å². The van der Waals surface area contributed by atoms with Crippen LogP contribution in [-0.4, -0.2) is 21.5 Å². The van der Waals surface area contributed by atoms with Gasteiger partial charge in [0.15, 0.2) is 11.8 Å². The van der Waals surface area contributed by atoms with E-state index in [-0.39, 0.29) is 22.1 Å². The smallest absolute Gasteiger partial charge is 0.255 e. The number of hydrogen-bond donors (Lipinski definition) is 3. The van der Waals surface area contributed by atoms with Gasteiger partial charge in [-0.05, 0) is 26.8 Å². The van der Waals surface area contributed by atoms with Crippen LogP contribution in [-0.2, 0) is 4.79 Å². The first-order chi connectivity index (χ1) is 8.65. The number of pyridine rings is 1. The van der Waals surface area contributed by atoms with Crippen molar-refractivity contribution in [3.05, 3.63) is 22.5 Å². The van der Waals surface area contributed by atoms with Crippen LogP contribution in [0.15, 0.2) is 6.07 Å². The third kappa shape index (κ3) is 3.81. The second kappa shape index (κ2) is 5.43. The molecule has 0 aliphatic heterocycles. The predicted molar refractivity (Wildman–Crippen MR) is 71.2 cm³/mol. The second-order valence-corrected chi connectivity index (χ2v) is 5.45. The van der Waals surface area contributed by atoms with Crippen LogP contribution in [0.3, 0.4) is 0 Å². The van der Waals surface area contributed by atoms with E-state index in [0.29, 0.717) is 0 Å². The number of nitrogen functional groups attached to an aromatic ring is 1. The van der Waals surface area contributed by atoms with Crippen molar-refractivity contribution in [1.29, 1.82) is 5.26 Å². The van der Waals surface area contributed by atoms with Crippen LogP contribution in [0.4, 0.5) is 5.69 Å². The van der Waals surface area contributed by atoms with E-state index >= 15 is 0 Å². The van der Waals surface area contributed by atoms with Crippen molar-refractivity contribution in [3.63, 3.8) is 0 Å². The maximum atomic E-state index is 11.8. The summed E-state index contributed by atoms with van der Waals surface area (Å²) in [5, 5.41) is 21.4. The van der Waals surface area contributed by atoms with E-state index < -0.39 is 17.6 Å². The molecule has 0 radical (unpaired) electrons. The molecule has 0 bridgehead atoms. The summed E-state index contributed by atoms with van der Waals surface area (Å²) in [7, 11) is 0. The van der Waals surface area contributed by atoms with Gasteiger partial charge in [0, 0.05) is 5.54 Å². The highest BCUT2D eigenvalue weighted by atomic mass is 35.5. The largest absolute Gasteiger partial charge is 0.395 e. The SMILES string of the molecule is CC(C)(C)NC(=O)C(O)c1cc(Cl)c(N)c(C#N)n1. The van der Waals surface area contributed by atoms with E-state index in [1.807, 2.05) is 0 Å². The van der Waals surface area contributed by atoms with E-state index in [2.05, 4.69) is 10.3 Å². The van der Waals surface area contributed by atoms with Crippen LogP contribution in [0.5, 0.6) is 0 Å². The molecule has 0 aliphatic rings. The van der Waals surface area contributed by atoms with Gasteiger partial charge in [0.1, 0.15) is 6.07 Å². The lowest BCUT2D eigenvalue weighted by atomic mass is 10.1. The normalized spacial score (nSPS) is 12.6. The quantitative estimate of drug-likeness (QED) is 0.753. The zero-order chi connectivity index (χ0) is 14.8. The molecule has 6 nitrogen and oxygen atoms in total. The van der Waals surface area contributed by atoms with Gasteiger partial charge >= 0.3 is 0 Å². The minimum Gasteiger partial charge on any atom is -0.395 e.